The summed E-state index contributed by atoms with van der Waals surface area (Å²) in [5.41, 5.74) is 0. The summed E-state index contributed by atoms with van der Waals surface area (Å²) in [6.07, 6.45) is 82.9. The Bertz CT molecular complexity index is 1200. The molecule has 0 saturated carbocycles. The van der Waals surface area contributed by atoms with Crippen molar-refractivity contribution < 1.29 is 28.6 Å². The fourth-order valence-corrected chi connectivity index (χ4v) is 11.8. The summed E-state index contributed by atoms with van der Waals surface area (Å²) >= 11 is 0. The van der Waals surface area contributed by atoms with E-state index in [-0.39, 0.29) is 31.1 Å². The molecule has 0 spiro atoms. The minimum atomic E-state index is -0.763. The van der Waals surface area contributed by atoms with Gasteiger partial charge < -0.3 is 14.2 Å². The maximum Gasteiger partial charge on any atom is 0.306 e. The summed E-state index contributed by atoms with van der Waals surface area (Å²) in [5.74, 6) is -0.818. The second-order valence-electron chi connectivity index (χ2n) is 25.6. The van der Waals surface area contributed by atoms with Crippen LogP contribution in [-0.4, -0.2) is 37.2 Å². The van der Waals surface area contributed by atoms with E-state index < -0.39 is 6.10 Å². The van der Waals surface area contributed by atoms with Crippen molar-refractivity contribution in [3.05, 3.63) is 0 Å². The molecule has 0 aliphatic rings. The zero-order valence-corrected chi connectivity index (χ0v) is 54.9. The molecule has 0 aromatic heterocycles. The monoisotopic (exact) mass is 1130 g/mol. The highest BCUT2D eigenvalue weighted by atomic mass is 16.6. The number of unbranched alkanes of at least 4 members (excludes halogenated alkanes) is 59. The standard InChI is InChI=1S/C74H144O6/c1-4-7-10-13-16-19-22-25-28-30-32-33-34-35-36-37-38-39-40-41-43-44-46-49-52-55-58-61-64-67-73(76)79-70-71(69-78-72(75)66-63-60-57-54-51-48-27-24-21-18-15-12-9-6-3)80-74(77)68-65-62-59-56-53-50-47-45-42-31-29-26-23-20-17-14-11-8-5-2/h71H,4-70H2,1-3H3. The van der Waals surface area contributed by atoms with E-state index in [1.807, 2.05) is 0 Å². The van der Waals surface area contributed by atoms with E-state index in [0.29, 0.717) is 19.3 Å². The predicted molar refractivity (Wildman–Crippen MR) is 349 cm³/mol. The van der Waals surface area contributed by atoms with E-state index in [1.165, 1.54) is 340 Å². The number of esters is 3. The SMILES string of the molecule is CCCCCCCCCCCCCCCCCCCCCCCCCCCCCCCC(=O)OCC(COC(=O)CCCCCCCCCCCCCCCC)OC(=O)CCCCCCCCCCCCCCCCCCCCC. The van der Waals surface area contributed by atoms with Gasteiger partial charge in [-0.25, -0.2) is 0 Å². The molecule has 0 radical (unpaired) electrons. The van der Waals surface area contributed by atoms with Gasteiger partial charge in [0.15, 0.2) is 6.10 Å². The first-order valence-corrected chi connectivity index (χ1v) is 37.0. The van der Waals surface area contributed by atoms with Crippen molar-refractivity contribution in [1.29, 1.82) is 0 Å². The second kappa shape index (κ2) is 69.9. The molecule has 0 aromatic carbocycles. The van der Waals surface area contributed by atoms with E-state index in [9.17, 15) is 14.4 Å². The van der Waals surface area contributed by atoms with Gasteiger partial charge in [-0.2, -0.15) is 0 Å². The van der Waals surface area contributed by atoms with E-state index >= 15 is 0 Å². The van der Waals surface area contributed by atoms with Crippen LogP contribution < -0.4 is 0 Å². The summed E-state index contributed by atoms with van der Waals surface area (Å²) in [7, 11) is 0. The lowest BCUT2D eigenvalue weighted by Gasteiger charge is -2.18. The Labute approximate surface area is 501 Å². The van der Waals surface area contributed by atoms with Gasteiger partial charge in [-0.1, -0.05) is 400 Å². The summed E-state index contributed by atoms with van der Waals surface area (Å²) in [4.78, 5) is 38.5. The van der Waals surface area contributed by atoms with E-state index in [0.717, 1.165) is 57.8 Å². The Hall–Kier alpha value is -1.59. The fourth-order valence-electron chi connectivity index (χ4n) is 11.8. The van der Waals surface area contributed by atoms with Crippen LogP contribution in [0.15, 0.2) is 0 Å². The lowest BCUT2D eigenvalue weighted by atomic mass is 10.0. The molecule has 6 heteroatoms. The molecule has 0 aliphatic heterocycles. The zero-order chi connectivity index (χ0) is 57.8. The van der Waals surface area contributed by atoms with Crippen LogP contribution in [0, 0.1) is 0 Å². The third-order valence-electron chi connectivity index (χ3n) is 17.4. The van der Waals surface area contributed by atoms with Crippen LogP contribution in [0.1, 0.15) is 438 Å². The third-order valence-corrected chi connectivity index (χ3v) is 17.4. The van der Waals surface area contributed by atoms with E-state index in [4.69, 9.17) is 14.2 Å². The molecular formula is C74H144O6. The molecule has 476 valence electrons. The topological polar surface area (TPSA) is 78.9 Å². The molecule has 6 nitrogen and oxygen atoms in total. The quantitative estimate of drug-likeness (QED) is 0.0343. The van der Waals surface area contributed by atoms with Gasteiger partial charge in [-0.15, -0.1) is 0 Å². The van der Waals surface area contributed by atoms with Crippen molar-refractivity contribution >= 4 is 17.9 Å². The lowest BCUT2D eigenvalue weighted by Crippen LogP contribution is -2.30. The maximum atomic E-state index is 13.0. The summed E-state index contributed by atoms with van der Waals surface area (Å²) in [5, 5.41) is 0. The van der Waals surface area contributed by atoms with Crippen LogP contribution in [0.4, 0.5) is 0 Å². The van der Waals surface area contributed by atoms with Crippen LogP contribution in [0.25, 0.3) is 0 Å². The molecular weight excluding hydrogens is 985 g/mol. The van der Waals surface area contributed by atoms with Crippen molar-refractivity contribution in [2.45, 2.75) is 444 Å². The average Bonchev–Trinajstić information content (AvgIpc) is 3.46. The Balaban J connectivity index is 4.14. The first-order valence-electron chi connectivity index (χ1n) is 37.0. The molecule has 0 heterocycles. The molecule has 0 N–H and O–H groups in total. The van der Waals surface area contributed by atoms with Crippen LogP contribution in [0.3, 0.4) is 0 Å². The number of carbonyl (C=O) groups excluding carboxylic acids is 3. The normalized spacial score (nSPS) is 11.9. The minimum Gasteiger partial charge on any atom is -0.462 e. The summed E-state index contributed by atoms with van der Waals surface area (Å²) < 4.78 is 17.0. The molecule has 1 unspecified atom stereocenters. The van der Waals surface area contributed by atoms with Gasteiger partial charge in [0.2, 0.25) is 0 Å². The smallest absolute Gasteiger partial charge is 0.306 e. The Morgan fingerprint density at radius 3 is 0.500 bits per heavy atom. The molecule has 0 fully saturated rings. The second-order valence-corrected chi connectivity index (χ2v) is 25.6. The van der Waals surface area contributed by atoms with E-state index in [2.05, 4.69) is 20.8 Å². The molecule has 0 saturated heterocycles. The van der Waals surface area contributed by atoms with Gasteiger partial charge >= 0.3 is 17.9 Å². The highest BCUT2D eigenvalue weighted by Gasteiger charge is 2.20. The van der Waals surface area contributed by atoms with Crippen molar-refractivity contribution in [1.82, 2.24) is 0 Å². The zero-order valence-electron chi connectivity index (χ0n) is 54.9. The van der Waals surface area contributed by atoms with Crippen LogP contribution >= 0.6 is 0 Å². The van der Waals surface area contributed by atoms with Gasteiger partial charge in [0.05, 0.1) is 0 Å². The maximum absolute atomic E-state index is 13.0. The highest BCUT2D eigenvalue weighted by molar-refractivity contribution is 5.71. The Morgan fingerprint density at radius 1 is 0.200 bits per heavy atom. The number of rotatable bonds is 70. The molecule has 0 aliphatic carbocycles. The van der Waals surface area contributed by atoms with Crippen LogP contribution in [-0.2, 0) is 28.6 Å². The van der Waals surface area contributed by atoms with Crippen molar-refractivity contribution in [3.8, 4) is 0 Å². The molecule has 0 amide bonds. The fraction of sp³-hybridized carbons (Fsp3) is 0.959. The van der Waals surface area contributed by atoms with Crippen molar-refractivity contribution in [2.75, 3.05) is 13.2 Å². The Kier molecular flexibility index (Phi) is 68.5. The number of hydrogen-bond donors (Lipinski definition) is 0. The lowest BCUT2D eigenvalue weighted by molar-refractivity contribution is -0.167. The first-order chi connectivity index (χ1) is 39.5. The van der Waals surface area contributed by atoms with Gasteiger partial charge in [-0.3, -0.25) is 14.4 Å². The van der Waals surface area contributed by atoms with Crippen LogP contribution in [0.2, 0.25) is 0 Å². The van der Waals surface area contributed by atoms with Crippen molar-refractivity contribution in [2.24, 2.45) is 0 Å². The largest absolute Gasteiger partial charge is 0.462 e. The number of ether oxygens (including phenoxy) is 3. The molecule has 1 atom stereocenters. The highest BCUT2D eigenvalue weighted by Crippen LogP contribution is 2.20. The summed E-state index contributed by atoms with van der Waals surface area (Å²) in [6.45, 7) is 6.75. The predicted octanol–water partition coefficient (Wildman–Crippen LogP) is 25.4. The first kappa shape index (κ1) is 78.4. The minimum absolute atomic E-state index is 0.0601. The summed E-state index contributed by atoms with van der Waals surface area (Å²) in [6, 6.07) is 0. The molecule has 0 bridgehead atoms. The molecule has 0 rings (SSSR count). The van der Waals surface area contributed by atoms with E-state index in [1.54, 1.807) is 0 Å². The van der Waals surface area contributed by atoms with Gasteiger partial charge in [0, 0.05) is 19.3 Å². The van der Waals surface area contributed by atoms with Gasteiger partial charge in [-0.05, 0) is 19.3 Å². The molecule has 80 heavy (non-hydrogen) atoms. The number of carbonyl (C=O) groups is 3. The van der Waals surface area contributed by atoms with Gasteiger partial charge in [0.25, 0.3) is 0 Å². The number of hydrogen-bond acceptors (Lipinski definition) is 6. The van der Waals surface area contributed by atoms with Gasteiger partial charge in [0.1, 0.15) is 13.2 Å². The van der Waals surface area contributed by atoms with Crippen LogP contribution in [0.5, 0.6) is 0 Å². The Morgan fingerprint density at radius 2 is 0.338 bits per heavy atom. The average molecular weight is 1130 g/mol. The van der Waals surface area contributed by atoms with Crippen molar-refractivity contribution in [3.63, 3.8) is 0 Å². The molecule has 0 aromatic rings. The third kappa shape index (κ3) is 67.2.